The molecular formula is C14H29N3O. The fourth-order valence-corrected chi connectivity index (χ4v) is 3.20. The molecule has 1 N–H and O–H groups in total. The molecule has 0 aliphatic carbocycles. The fourth-order valence-electron chi connectivity index (χ4n) is 3.20. The highest BCUT2D eigenvalue weighted by atomic mass is 16.5. The third kappa shape index (κ3) is 3.67. The molecule has 0 aromatic heterocycles. The van der Waals surface area contributed by atoms with Gasteiger partial charge in [0.05, 0.1) is 6.61 Å². The van der Waals surface area contributed by atoms with Crippen molar-refractivity contribution in [1.82, 2.24) is 15.1 Å². The highest BCUT2D eigenvalue weighted by molar-refractivity contribution is 4.90. The average Bonchev–Trinajstić information content (AvgIpc) is 2.81. The molecule has 2 aliphatic rings. The maximum atomic E-state index is 5.41. The number of fused-ring (bicyclic) bond motifs is 1. The van der Waals surface area contributed by atoms with Crippen molar-refractivity contribution in [3.05, 3.63) is 0 Å². The molecule has 2 unspecified atom stereocenters. The predicted octanol–water partition coefficient (Wildman–Crippen LogP) is 0.779. The van der Waals surface area contributed by atoms with E-state index in [1.165, 1.54) is 39.0 Å². The van der Waals surface area contributed by atoms with Crippen LogP contribution in [0.3, 0.4) is 0 Å². The van der Waals surface area contributed by atoms with Gasteiger partial charge < -0.3 is 10.1 Å². The number of ether oxygens (including phenoxy) is 1. The second-order valence-corrected chi connectivity index (χ2v) is 6.00. The van der Waals surface area contributed by atoms with Crippen molar-refractivity contribution in [3.63, 3.8) is 0 Å². The second kappa shape index (κ2) is 6.85. The molecule has 4 heteroatoms. The lowest BCUT2D eigenvalue weighted by molar-refractivity contribution is 0.0336. The Bertz CT molecular complexity index is 247. The zero-order valence-electron chi connectivity index (χ0n) is 12.2. The van der Waals surface area contributed by atoms with Gasteiger partial charge in [-0.05, 0) is 19.4 Å². The summed E-state index contributed by atoms with van der Waals surface area (Å²) in [7, 11) is 1.81. The topological polar surface area (TPSA) is 27.7 Å². The molecule has 106 valence electrons. The first-order valence-corrected chi connectivity index (χ1v) is 7.41. The smallest absolute Gasteiger partial charge is 0.0630 e. The van der Waals surface area contributed by atoms with Crippen LogP contribution in [0.25, 0.3) is 0 Å². The zero-order chi connectivity index (χ0) is 13.0. The molecule has 2 aliphatic heterocycles. The molecule has 4 nitrogen and oxygen atoms in total. The van der Waals surface area contributed by atoms with E-state index in [9.17, 15) is 0 Å². The molecule has 18 heavy (non-hydrogen) atoms. The Hall–Kier alpha value is -0.160. The van der Waals surface area contributed by atoms with Gasteiger partial charge in [-0.15, -0.1) is 0 Å². The van der Waals surface area contributed by atoms with Gasteiger partial charge in [0, 0.05) is 51.4 Å². The van der Waals surface area contributed by atoms with Crippen molar-refractivity contribution in [3.8, 4) is 0 Å². The summed E-state index contributed by atoms with van der Waals surface area (Å²) in [6.07, 6.45) is 2.77. The van der Waals surface area contributed by atoms with Crippen molar-refractivity contribution in [2.45, 2.75) is 44.8 Å². The highest BCUT2D eigenvalue weighted by Gasteiger charge is 2.33. The molecule has 2 atom stereocenters. The lowest BCUT2D eigenvalue weighted by atomic mass is 10.1. The van der Waals surface area contributed by atoms with Crippen molar-refractivity contribution in [2.24, 2.45) is 0 Å². The monoisotopic (exact) mass is 255 g/mol. The number of methoxy groups -OCH3 is 1. The number of nitrogens with zero attached hydrogens (tertiary/aromatic N) is 2. The van der Waals surface area contributed by atoms with E-state index in [1.54, 1.807) is 0 Å². The summed E-state index contributed by atoms with van der Waals surface area (Å²) in [4.78, 5) is 5.29. The van der Waals surface area contributed by atoms with E-state index in [0.29, 0.717) is 12.1 Å². The summed E-state index contributed by atoms with van der Waals surface area (Å²) in [5, 5.41) is 3.55. The molecule has 2 rings (SSSR count). The number of hydrogen-bond donors (Lipinski definition) is 1. The molecule has 0 radical (unpaired) electrons. The Balaban J connectivity index is 1.85. The predicted molar refractivity (Wildman–Crippen MR) is 75.0 cm³/mol. The molecule has 0 spiro atoms. The van der Waals surface area contributed by atoms with E-state index < -0.39 is 0 Å². The standard InChI is InChI=1S/C14H29N3O/c1-12(2)15-9-14(11-18-3)17-8-7-16-6-4-5-13(16)10-17/h12-15H,4-11H2,1-3H3. The van der Waals surface area contributed by atoms with E-state index in [-0.39, 0.29) is 0 Å². The van der Waals surface area contributed by atoms with Crippen LogP contribution in [-0.4, -0.2) is 74.4 Å². The summed E-state index contributed by atoms with van der Waals surface area (Å²) in [6, 6.07) is 1.88. The summed E-state index contributed by atoms with van der Waals surface area (Å²) >= 11 is 0. The minimum absolute atomic E-state index is 0.528. The quantitative estimate of drug-likeness (QED) is 0.759. The maximum Gasteiger partial charge on any atom is 0.0630 e. The minimum atomic E-state index is 0.528. The van der Waals surface area contributed by atoms with Crippen molar-refractivity contribution in [1.29, 1.82) is 0 Å². The van der Waals surface area contributed by atoms with Gasteiger partial charge in [-0.3, -0.25) is 9.80 Å². The Morgan fingerprint density at radius 2 is 2.11 bits per heavy atom. The molecule has 2 heterocycles. The lowest BCUT2D eigenvalue weighted by Crippen LogP contribution is -2.57. The normalized spacial score (nSPS) is 27.7. The van der Waals surface area contributed by atoms with Gasteiger partial charge in [0.2, 0.25) is 0 Å². The van der Waals surface area contributed by atoms with Crippen LogP contribution in [0.15, 0.2) is 0 Å². The van der Waals surface area contributed by atoms with Crippen LogP contribution in [-0.2, 0) is 4.74 Å². The SMILES string of the molecule is COCC(CNC(C)C)N1CCN2CCCC2C1. The summed E-state index contributed by atoms with van der Waals surface area (Å²) in [6.45, 7) is 11.3. The van der Waals surface area contributed by atoms with Crippen LogP contribution in [0.4, 0.5) is 0 Å². The minimum Gasteiger partial charge on any atom is -0.383 e. The Morgan fingerprint density at radius 3 is 2.83 bits per heavy atom. The van der Waals surface area contributed by atoms with Crippen molar-refractivity contribution >= 4 is 0 Å². The number of piperazine rings is 1. The van der Waals surface area contributed by atoms with E-state index in [4.69, 9.17) is 4.74 Å². The van der Waals surface area contributed by atoms with Gasteiger partial charge in [-0.1, -0.05) is 13.8 Å². The first-order valence-electron chi connectivity index (χ1n) is 7.41. The third-order valence-corrected chi connectivity index (χ3v) is 4.26. The summed E-state index contributed by atoms with van der Waals surface area (Å²) in [5.41, 5.74) is 0. The molecule has 0 saturated carbocycles. The maximum absolute atomic E-state index is 5.41. The molecule has 2 fully saturated rings. The average molecular weight is 255 g/mol. The first kappa shape index (κ1) is 14.3. The van der Waals surface area contributed by atoms with Gasteiger partial charge in [0.25, 0.3) is 0 Å². The van der Waals surface area contributed by atoms with Crippen molar-refractivity contribution < 1.29 is 4.74 Å². The van der Waals surface area contributed by atoms with E-state index in [2.05, 4.69) is 29.0 Å². The highest BCUT2D eigenvalue weighted by Crippen LogP contribution is 2.22. The van der Waals surface area contributed by atoms with Crippen LogP contribution < -0.4 is 5.32 Å². The van der Waals surface area contributed by atoms with E-state index >= 15 is 0 Å². The summed E-state index contributed by atoms with van der Waals surface area (Å²) in [5.74, 6) is 0. The Labute approximate surface area is 112 Å². The molecule has 2 saturated heterocycles. The number of nitrogens with one attached hydrogen (secondary N) is 1. The fraction of sp³-hybridized carbons (Fsp3) is 1.00. The van der Waals surface area contributed by atoms with E-state index in [1.807, 2.05) is 7.11 Å². The molecule has 0 aromatic rings. The zero-order valence-corrected chi connectivity index (χ0v) is 12.2. The molecule has 0 aromatic carbocycles. The van der Waals surface area contributed by atoms with Crippen LogP contribution in [0.2, 0.25) is 0 Å². The van der Waals surface area contributed by atoms with Crippen molar-refractivity contribution in [2.75, 3.05) is 46.4 Å². The van der Waals surface area contributed by atoms with Gasteiger partial charge in [0.15, 0.2) is 0 Å². The van der Waals surface area contributed by atoms with Gasteiger partial charge in [-0.2, -0.15) is 0 Å². The van der Waals surface area contributed by atoms with Crippen LogP contribution >= 0.6 is 0 Å². The summed E-state index contributed by atoms with van der Waals surface area (Å²) < 4.78 is 5.41. The van der Waals surface area contributed by atoms with Gasteiger partial charge >= 0.3 is 0 Å². The number of hydrogen-bond acceptors (Lipinski definition) is 4. The Morgan fingerprint density at radius 1 is 1.28 bits per heavy atom. The van der Waals surface area contributed by atoms with Crippen LogP contribution in [0, 0.1) is 0 Å². The molecule has 0 amide bonds. The van der Waals surface area contributed by atoms with Gasteiger partial charge in [-0.25, -0.2) is 0 Å². The largest absolute Gasteiger partial charge is 0.383 e. The van der Waals surface area contributed by atoms with Crippen LogP contribution in [0.1, 0.15) is 26.7 Å². The van der Waals surface area contributed by atoms with E-state index in [0.717, 1.165) is 19.2 Å². The number of rotatable bonds is 6. The van der Waals surface area contributed by atoms with Crippen LogP contribution in [0.5, 0.6) is 0 Å². The lowest BCUT2D eigenvalue weighted by Gasteiger charge is -2.41. The first-order chi connectivity index (χ1) is 8.70. The second-order valence-electron chi connectivity index (χ2n) is 6.00. The third-order valence-electron chi connectivity index (χ3n) is 4.26. The molecular weight excluding hydrogens is 226 g/mol. The Kier molecular flexibility index (Phi) is 5.42. The van der Waals surface area contributed by atoms with Gasteiger partial charge in [0.1, 0.15) is 0 Å². The molecule has 0 bridgehead atoms.